The van der Waals surface area contributed by atoms with Crippen molar-refractivity contribution < 1.29 is 14.6 Å². The first-order chi connectivity index (χ1) is 6.31. The van der Waals surface area contributed by atoms with Gasteiger partial charge in [0.25, 0.3) is 0 Å². The largest absolute Gasteiger partial charge is 0.440 e. The Morgan fingerprint density at radius 1 is 1.50 bits per heavy atom. The van der Waals surface area contributed by atoms with Gasteiger partial charge in [-0.2, -0.15) is 0 Å². The van der Waals surface area contributed by atoms with Gasteiger partial charge in [-0.1, -0.05) is 0 Å². The zero-order valence-corrected chi connectivity index (χ0v) is 9.33. The van der Waals surface area contributed by atoms with E-state index in [0.29, 0.717) is 0 Å². The van der Waals surface area contributed by atoms with Crippen LogP contribution in [0.15, 0.2) is 0 Å². The average molecular weight is 201 g/mol. The predicted molar refractivity (Wildman–Crippen MR) is 53.0 cm³/mol. The molecule has 0 aromatic heterocycles. The highest BCUT2D eigenvalue weighted by molar-refractivity contribution is 5.69. The molecule has 0 aromatic rings. The highest BCUT2D eigenvalue weighted by atomic mass is 16.6. The first-order valence-corrected chi connectivity index (χ1v) is 4.88. The molecule has 1 amide bonds. The molecule has 1 aliphatic carbocycles. The Bertz CT molecular complexity index is 228. The molecule has 0 bridgehead atoms. The number of hydrogen-bond donors (Lipinski definition) is 1. The van der Waals surface area contributed by atoms with Gasteiger partial charge in [0.2, 0.25) is 0 Å². The summed E-state index contributed by atoms with van der Waals surface area (Å²) in [5.41, 5.74) is -0.820. The van der Waals surface area contributed by atoms with E-state index in [1.165, 1.54) is 0 Å². The molecule has 0 heterocycles. The molecule has 1 saturated carbocycles. The number of ether oxygens (including phenoxy) is 1. The summed E-state index contributed by atoms with van der Waals surface area (Å²) < 4.78 is 5.22. The van der Waals surface area contributed by atoms with E-state index in [1.54, 1.807) is 11.9 Å². The normalized spacial score (nSPS) is 18.9. The number of carbonyl (C=O) groups is 1. The van der Waals surface area contributed by atoms with Crippen LogP contribution in [-0.2, 0) is 4.74 Å². The van der Waals surface area contributed by atoms with Crippen LogP contribution in [0.4, 0.5) is 4.79 Å². The Labute approximate surface area is 84.8 Å². The summed E-state index contributed by atoms with van der Waals surface area (Å²) >= 11 is 0. The molecular weight excluding hydrogens is 182 g/mol. The summed E-state index contributed by atoms with van der Waals surface area (Å²) in [5, 5.41) is 8.99. The van der Waals surface area contributed by atoms with E-state index in [9.17, 15) is 4.79 Å². The molecule has 4 heteroatoms. The Balaban J connectivity index is 2.50. The lowest BCUT2D eigenvalue weighted by Gasteiger charge is -2.32. The summed E-state index contributed by atoms with van der Waals surface area (Å²) in [7, 11) is 1.70. The fourth-order valence-corrected chi connectivity index (χ4v) is 0.959. The Kier molecular flexibility index (Phi) is 2.76. The van der Waals surface area contributed by atoms with Crippen molar-refractivity contribution >= 4 is 6.09 Å². The summed E-state index contributed by atoms with van der Waals surface area (Å²) in [6.45, 7) is 5.74. The van der Waals surface area contributed by atoms with Gasteiger partial charge < -0.3 is 14.7 Å². The Hall–Kier alpha value is -0.770. The number of nitrogens with zero attached hydrogens (tertiary/aromatic N) is 1. The summed E-state index contributed by atoms with van der Waals surface area (Å²) in [6.07, 6.45) is 1.18. The fourth-order valence-electron chi connectivity index (χ4n) is 0.959. The molecule has 1 aliphatic rings. The van der Waals surface area contributed by atoms with E-state index in [1.807, 2.05) is 20.8 Å². The zero-order chi connectivity index (χ0) is 11.0. The van der Waals surface area contributed by atoms with Gasteiger partial charge in [0.15, 0.2) is 0 Å². The SMILES string of the molecule is CN(C(=O)OC1(CO)CC1)C(C)(C)C. The number of aliphatic hydroxyl groups is 1. The number of aliphatic hydroxyl groups excluding tert-OH is 1. The molecule has 0 aliphatic heterocycles. The van der Waals surface area contributed by atoms with Gasteiger partial charge in [-0.3, -0.25) is 0 Å². The molecule has 1 rings (SSSR count). The van der Waals surface area contributed by atoms with Gasteiger partial charge in [0, 0.05) is 12.6 Å². The smallest absolute Gasteiger partial charge is 0.410 e. The van der Waals surface area contributed by atoms with Crippen LogP contribution in [0.25, 0.3) is 0 Å². The lowest BCUT2D eigenvalue weighted by molar-refractivity contribution is 0.00895. The monoisotopic (exact) mass is 201 g/mol. The van der Waals surface area contributed by atoms with E-state index in [2.05, 4.69) is 0 Å². The highest BCUT2D eigenvalue weighted by Crippen LogP contribution is 2.39. The quantitative estimate of drug-likeness (QED) is 0.734. The maximum absolute atomic E-state index is 11.6. The minimum atomic E-state index is -0.573. The van der Waals surface area contributed by atoms with Gasteiger partial charge >= 0.3 is 6.09 Å². The Morgan fingerprint density at radius 3 is 2.29 bits per heavy atom. The third-order valence-corrected chi connectivity index (χ3v) is 2.68. The van der Waals surface area contributed by atoms with Gasteiger partial charge in [-0.25, -0.2) is 4.79 Å². The first-order valence-electron chi connectivity index (χ1n) is 4.88. The van der Waals surface area contributed by atoms with Crippen LogP contribution in [-0.4, -0.2) is 40.9 Å². The summed E-state index contributed by atoms with van der Waals surface area (Å²) in [4.78, 5) is 13.1. The summed E-state index contributed by atoms with van der Waals surface area (Å²) in [5.74, 6) is 0. The molecule has 82 valence electrons. The average Bonchev–Trinajstić information content (AvgIpc) is 2.82. The molecule has 4 nitrogen and oxygen atoms in total. The van der Waals surface area contributed by atoms with Crippen LogP contribution >= 0.6 is 0 Å². The molecule has 1 fully saturated rings. The second-order valence-electron chi connectivity index (χ2n) is 4.94. The maximum atomic E-state index is 11.6. The van der Waals surface area contributed by atoms with Crippen molar-refractivity contribution in [1.82, 2.24) is 4.90 Å². The van der Waals surface area contributed by atoms with Crippen molar-refractivity contribution in [2.45, 2.75) is 44.8 Å². The van der Waals surface area contributed by atoms with Crippen molar-refractivity contribution in [3.05, 3.63) is 0 Å². The lowest BCUT2D eigenvalue weighted by atomic mass is 10.1. The molecule has 0 saturated heterocycles. The zero-order valence-electron chi connectivity index (χ0n) is 9.33. The predicted octanol–water partition coefficient (Wildman–Crippen LogP) is 1.38. The fraction of sp³-hybridized carbons (Fsp3) is 0.900. The number of rotatable bonds is 2. The molecule has 0 radical (unpaired) electrons. The second-order valence-corrected chi connectivity index (χ2v) is 4.94. The molecule has 0 spiro atoms. The van der Waals surface area contributed by atoms with Gasteiger partial charge in [-0.05, 0) is 33.6 Å². The van der Waals surface area contributed by atoms with Gasteiger partial charge in [-0.15, -0.1) is 0 Å². The third-order valence-electron chi connectivity index (χ3n) is 2.68. The van der Waals surface area contributed by atoms with Crippen LogP contribution in [0.3, 0.4) is 0 Å². The van der Waals surface area contributed by atoms with Crippen molar-refractivity contribution in [1.29, 1.82) is 0 Å². The first kappa shape index (κ1) is 11.3. The molecule has 1 N–H and O–H groups in total. The van der Waals surface area contributed by atoms with E-state index >= 15 is 0 Å². The summed E-state index contributed by atoms with van der Waals surface area (Å²) in [6, 6.07) is 0. The number of carbonyl (C=O) groups excluding carboxylic acids is 1. The van der Waals surface area contributed by atoms with Gasteiger partial charge in [0.1, 0.15) is 5.60 Å². The standard InChI is InChI=1S/C10H19NO3/c1-9(2,3)11(4)8(13)14-10(7-12)5-6-10/h12H,5-7H2,1-4H3. The van der Waals surface area contributed by atoms with Crippen molar-refractivity contribution in [2.24, 2.45) is 0 Å². The molecule has 0 unspecified atom stereocenters. The van der Waals surface area contributed by atoms with Crippen LogP contribution in [0.2, 0.25) is 0 Å². The van der Waals surface area contributed by atoms with E-state index in [4.69, 9.17) is 9.84 Å². The van der Waals surface area contributed by atoms with Crippen LogP contribution in [0, 0.1) is 0 Å². The number of amides is 1. The van der Waals surface area contributed by atoms with Crippen LogP contribution in [0.5, 0.6) is 0 Å². The molecule has 0 aromatic carbocycles. The Morgan fingerprint density at radius 2 is 2.00 bits per heavy atom. The number of hydrogen-bond acceptors (Lipinski definition) is 3. The lowest BCUT2D eigenvalue weighted by Crippen LogP contribution is -2.44. The van der Waals surface area contributed by atoms with Crippen LogP contribution in [0.1, 0.15) is 33.6 Å². The molecular formula is C10H19NO3. The minimum Gasteiger partial charge on any atom is -0.440 e. The molecule has 0 atom stereocenters. The second kappa shape index (κ2) is 3.42. The van der Waals surface area contributed by atoms with Crippen molar-refractivity contribution in [3.63, 3.8) is 0 Å². The van der Waals surface area contributed by atoms with Gasteiger partial charge in [0.05, 0.1) is 6.61 Å². The minimum absolute atomic E-state index is 0.0727. The van der Waals surface area contributed by atoms with Crippen molar-refractivity contribution in [3.8, 4) is 0 Å². The van der Waals surface area contributed by atoms with Crippen molar-refractivity contribution in [2.75, 3.05) is 13.7 Å². The van der Waals surface area contributed by atoms with Crippen LogP contribution < -0.4 is 0 Å². The topological polar surface area (TPSA) is 49.8 Å². The molecule has 14 heavy (non-hydrogen) atoms. The van der Waals surface area contributed by atoms with E-state index in [0.717, 1.165) is 12.8 Å². The van der Waals surface area contributed by atoms with E-state index < -0.39 is 5.60 Å². The highest BCUT2D eigenvalue weighted by Gasteiger charge is 2.47. The maximum Gasteiger partial charge on any atom is 0.410 e. The third kappa shape index (κ3) is 2.38. The van der Waals surface area contributed by atoms with E-state index in [-0.39, 0.29) is 18.2 Å².